The molecule has 0 spiro atoms. The standard InChI is InChI=1S/C12H20N4O2S/c17-19(18,12-8-13-9-15-12)16-7-2-1-5-11(16)10-4-3-6-14-10/h8-11,14H,1-7H2,(H,13,15). The van der Waals surface area contributed by atoms with E-state index < -0.39 is 10.0 Å². The van der Waals surface area contributed by atoms with Crippen molar-refractivity contribution >= 4 is 10.0 Å². The van der Waals surface area contributed by atoms with Crippen LogP contribution in [0.5, 0.6) is 0 Å². The van der Waals surface area contributed by atoms with Gasteiger partial charge in [-0.05, 0) is 32.2 Å². The molecule has 0 aliphatic carbocycles. The molecule has 2 unspecified atom stereocenters. The average molecular weight is 284 g/mol. The summed E-state index contributed by atoms with van der Waals surface area (Å²) in [6, 6.07) is 0.391. The van der Waals surface area contributed by atoms with Crippen molar-refractivity contribution in [2.24, 2.45) is 0 Å². The molecule has 7 heteroatoms. The molecule has 106 valence electrons. The van der Waals surface area contributed by atoms with Gasteiger partial charge in [0.2, 0.25) is 0 Å². The summed E-state index contributed by atoms with van der Waals surface area (Å²) in [7, 11) is -3.43. The Morgan fingerprint density at radius 3 is 2.84 bits per heavy atom. The molecule has 2 aliphatic heterocycles. The van der Waals surface area contributed by atoms with E-state index in [1.54, 1.807) is 4.31 Å². The number of hydrogen-bond acceptors (Lipinski definition) is 4. The molecule has 6 nitrogen and oxygen atoms in total. The molecule has 2 fully saturated rings. The fourth-order valence-corrected chi connectivity index (χ4v) is 4.81. The van der Waals surface area contributed by atoms with E-state index in [0.717, 1.165) is 38.6 Å². The highest BCUT2D eigenvalue weighted by Gasteiger charge is 2.39. The molecule has 3 heterocycles. The third-order valence-electron chi connectivity index (χ3n) is 4.12. The van der Waals surface area contributed by atoms with E-state index in [-0.39, 0.29) is 11.1 Å². The summed E-state index contributed by atoms with van der Waals surface area (Å²) in [6.45, 7) is 1.61. The largest absolute Gasteiger partial charge is 0.335 e. The van der Waals surface area contributed by atoms with Gasteiger partial charge in [-0.3, -0.25) is 0 Å². The number of piperidine rings is 1. The van der Waals surface area contributed by atoms with E-state index in [1.165, 1.54) is 12.5 Å². The number of aromatic nitrogens is 2. The van der Waals surface area contributed by atoms with Gasteiger partial charge in [-0.1, -0.05) is 6.42 Å². The molecule has 1 aromatic rings. The van der Waals surface area contributed by atoms with Crippen molar-refractivity contribution in [3.8, 4) is 0 Å². The molecule has 0 amide bonds. The van der Waals surface area contributed by atoms with Crippen LogP contribution in [0.2, 0.25) is 0 Å². The Morgan fingerprint density at radius 2 is 2.16 bits per heavy atom. The lowest BCUT2D eigenvalue weighted by Crippen LogP contribution is -2.52. The van der Waals surface area contributed by atoms with Gasteiger partial charge in [0.1, 0.15) is 0 Å². The van der Waals surface area contributed by atoms with Crippen LogP contribution in [-0.2, 0) is 10.0 Å². The van der Waals surface area contributed by atoms with Gasteiger partial charge in [0.05, 0.1) is 12.5 Å². The number of sulfonamides is 1. The lowest BCUT2D eigenvalue weighted by atomic mass is 9.97. The Labute approximate surface area is 113 Å². The highest BCUT2D eigenvalue weighted by molar-refractivity contribution is 7.89. The maximum absolute atomic E-state index is 12.6. The lowest BCUT2D eigenvalue weighted by molar-refractivity contribution is 0.210. The van der Waals surface area contributed by atoms with Crippen LogP contribution in [-0.4, -0.2) is 47.9 Å². The molecular formula is C12H20N4O2S. The highest BCUT2D eigenvalue weighted by Crippen LogP contribution is 2.28. The molecule has 0 bridgehead atoms. The van der Waals surface area contributed by atoms with Crippen LogP contribution in [0.4, 0.5) is 0 Å². The van der Waals surface area contributed by atoms with E-state index in [9.17, 15) is 8.42 Å². The summed E-state index contributed by atoms with van der Waals surface area (Å²) >= 11 is 0. The van der Waals surface area contributed by atoms with Gasteiger partial charge in [0.15, 0.2) is 5.03 Å². The first-order valence-electron chi connectivity index (χ1n) is 6.93. The zero-order valence-electron chi connectivity index (χ0n) is 10.9. The second-order valence-corrected chi connectivity index (χ2v) is 7.16. The third-order valence-corrected chi connectivity index (χ3v) is 5.97. The summed E-state index contributed by atoms with van der Waals surface area (Å²) in [6.07, 6.45) is 8.01. The van der Waals surface area contributed by atoms with Crippen LogP contribution in [0.25, 0.3) is 0 Å². The van der Waals surface area contributed by atoms with Gasteiger partial charge in [-0.2, -0.15) is 4.31 Å². The second-order valence-electron chi connectivity index (χ2n) is 5.30. The topological polar surface area (TPSA) is 78.1 Å². The predicted octanol–water partition coefficient (Wildman–Crippen LogP) is 0.705. The monoisotopic (exact) mass is 284 g/mol. The minimum absolute atomic E-state index is 0.0875. The Morgan fingerprint density at radius 1 is 1.26 bits per heavy atom. The molecule has 2 atom stereocenters. The fourth-order valence-electron chi connectivity index (χ4n) is 3.18. The van der Waals surface area contributed by atoms with Crippen molar-refractivity contribution in [1.29, 1.82) is 0 Å². The van der Waals surface area contributed by atoms with Crippen molar-refractivity contribution in [2.75, 3.05) is 13.1 Å². The smallest absolute Gasteiger partial charge is 0.260 e. The van der Waals surface area contributed by atoms with Crippen molar-refractivity contribution in [1.82, 2.24) is 19.6 Å². The minimum atomic E-state index is -3.43. The number of hydrogen-bond donors (Lipinski definition) is 2. The van der Waals surface area contributed by atoms with Crippen LogP contribution in [0.15, 0.2) is 17.6 Å². The fraction of sp³-hybridized carbons (Fsp3) is 0.750. The minimum Gasteiger partial charge on any atom is -0.335 e. The molecule has 0 aromatic carbocycles. The highest BCUT2D eigenvalue weighted by atomic mass is 32.2. The molecular weight excluding hydrogens is 264 g/mol. The molecule has 2 aliphatic rings. The van der Waals surface area contributed by atoms with E-state index >= 15 is 0 Å². The molecule has 19 heavy (non-hydrogen) atoms. The maximum Gasteiger partial charge on any atom is 0.260 e. The van der Waals surface area contributed by atoms with Gasteiger partial charge < -0.3 is 10.3 Å². The van der Waals surface area contributed by atoms with Gasteiger partial charge in [-0.15, -0.1) is 0 Å². The Balaban J connectivity index is 1.87. The SMILES string of the molecule is O=S(=O)(c1cnc[nH]1)N1CCCCC1C1CCCN1. The van der Waals surface area contributed by atoms with Crippen LogP contribution in [0.1, 0.15) is 32.1 Å². The Kier molecular flexibility index (Phi) is 3.60. The molecule has 2 N–H and O–H groups in total. The molecule has 3 rings (SSSR count). The summed E-state index contributed by atoms with van der Waals surface area (Å²) in [4.78, 5) is 6.55. The van der Waals surface area contributed by atoms with Crippen LogP contribution >= 0.6 is 0 Å². The average Bonchev–Trinajstić information content (AvgIpc) is 3.12. The zero-order chi connectivity index (χ0) is 13.3. The maximum atomic E-state index is 12.6. The Hall–Kier alpha value is -0.920. The lowest BCUT2D eigenvalue weighted by Gasteiger charge is -2.37. The summed E-state index contributed by atoms with van der Waals surface area (Å²) in [5.74, 6) is 0. The third kappa shape index (κ3) is 2.42. The van der Waals surface area contributed by atoms with E-state index in [1.807, 2.05) is 0 Å². The first-order valence-corrected chi connectivity index (χ1v) is 8.37. The zero-order valence-corrected chi connectivity index (χ0v) is 11.7. The summed E-state index contributed by atoms with van der Waals surface area (Å²) < 4.78 is 27.0. The quantitative estimate of drug-likeness (QED) is 0.856. The van der Waals surface area contributed by atoms with Gasteiger partial charge in [-0.25, -0.2) is 13.4 Å². The first-order chi connectivity index (χ1) is 9.19. The van der Waals surface area contributed by atoms with Gasteiger partial charge in [0, 0.05) is 18.6 Å². The van der Waals surface area contributed by atoms with Crippen molar-refractivity contribution < 1.29 is 8.42 Å². The van der Waals surface area contributed by atoms with Crippen molar-refractivity contribution in [2.45, 2.75) is 49.2 Å². The second kappa shape index (κ2) is 5.22. The molecule has 2 saturated heterocycles. The number of nitrogens with zero attached hydrogens (tertiary/aromatic N) is 2. The molecule has 1 aromatic heterocycles. The summed E-state index contributed by atoms with van der Waals surface area (Å²) in [5, 5.41) is 3.65. The van der Waals surface area contributed by atoms with E-state index in [2.05, 4.69) is 15.3 Å². The number of nitrogens with one attached hydrogen (secondary N) is 2. The van der Waals surface area contributed by atoms with Gasteiger partial charge >= 0.3 is 0 Å². The predicted molar refractivity (Wildman–Crippen MR) is 71.1 cm³/mol. The van der Waals surface area contributed by atoms with Crippen LogP contribution in [0.3, 0.4) is 0 Å². The number of rotatable bonds is 3. The van der Waals surface area contributed by atoms with Gasteiger partial charge in [0.25, 0.3) is 10.0 Å². The van der Waals surface area contributed by atoms with E-state index in [4.69, 9.17) is 0 Å². The normalized spacial score (nSPS) is 29.7. The number of aromatic amines is 1. The van der Waals surface area contributed by atoms with Crippen LogP contribution in [0, 0.1) is 0 Å². The van der Waals surface area contributed by atoms with Crippen molar-refractivity contribution in [3.63, 3.8) is 0 Å². The summed E-state index contributed by atoms with van der Waals surface area (Å²) in [5.41, 5.74) is 0. The number of H-pyrrole nitrogens is 1. The Bertz CT molecular complexity index is 508. The van der Waals surface area contributed by atoms with E-state index in [0.29, 0.717) is 12.6 Å². The number of imidazole rings is 1. The van der Waals surface area contributed by atoms with Crippen molar-refractivity contribution in [3.05, 3.63) is 12.5 Å². The molecule has 0 saturated carbocycles. The molecule has 0 radical (unpaired) electrons. The first kappa shape index (κ1) is 13.1. The van der Waals surface area contributed by atoms with Crippen LogP contribution < -0.4 is 5.32 Å².